The molecule has 2 aliphatic rings. The number of amides is 2. The number of halogens is 6. The summed E-state index contributed by atoms with van der Waals surface area (Å²) in [6.07, 6.45) is 20.0. The van der Waals surface area contributed by atoms with Crippen LogP contribution in [0.1, 0.15) is 33.6 Å². The summed E-state index contributed by atoms with van der Waals surface area (Å²) in [5.41, 5.74) is 0.119. The van der Waals surface area contributed by atoms with Crippen molar-refractivity contribution in [3.05, 3.63) is 178 Å². The molecular weight excluding hydrogens is 687 g/mol. The zero-order valence-corrected chi connectivity index (χ0v) is 27.5. The van der Waals surface area contributed by atoms with Crippen LogP contribution in [0.25, 0.3) is 0 Å². The Labute approximate surface area is 295 Å². The maximum atomic E-state index is 13.3. The molecule has 4 nitrogen and oxygen atoms in total. The van der Waals surface area contributed by atoms with Gasteiger partial charge in [0.25, 0.3) is 0 Å². The standard InChI is InChI=1S/2C13H7ClF2NO.2C5H5.Ti/c2*14-10-4-2-1-3-9(10)13(18)17-12-6-5-8(15)7-11(12)16;2*1-2-4-5-3-1;/h2*1-6H,(H,17,18);2*1-3H,4H2;/q4*-1;+4. The summed E-state index contributed by atoms with van der Waals surface area (Å²) in [6, 6.07) is 20.6. The van der Waals surface area contributed by atoms with Crippen molar-refractivity contribution in [1.82, 2.24) is 0 Å². The number of hydrogen-bond acceptors (Lipinski definition) is 2. The first-order valence-corrected chi connectivity index (χ1v) is 14.2. The van der Waals surface area contributed by atoms with Gasteiger partial charge in [0.1, 0.15) is 0 Å². The minimum Gasteiger partial charge on any atom is -0.373 e. The van der Waals surface area contributed by atoms with E-state index in [1.54, 1.807) is 36.4 Å². The van der Waals surface area contributed by atoms with Gasteiger partial charge in [-0.2, -0.15) is 12.2 Å². The Hall–Kier alpha value is -4.21. The van der Waals surface area contributed by atoms with Crippen LogP contribution < -0.4 is 10.6 Å². The average Bonchev–Trinajstić information content (AvgIpc) is 3.81. The predicted molar refractivity (Wildman–Crippen MR) is 172 cm³/mol. The SMILES string of the molecule is O=C(Nc1ccc(F)[c-]c1F)c1ccccc1Cl.O=C(Nc1ccc(F)[c-]c1F)c1ccccc1Cl.[C-]1=CC=CC1.[C-]1=CC=CC1.[Ti+4]. The van der Waals surface area contributed by atoms with E-state index in [-0.39, 0.29) is 54.3 Å². The normalized spacial score (nSPS) is 11.5. The van der Waals surface area contributed by atoms with Gasteiger partial charge in [-0.15, -0.1) is 49.2 Å². The van der Waals surface area contributed by atoms with Gasteiger partial charge in [0, 0.05) is 23.3 Å². The van der Waals surface area contributed by atoms with Crippen LogP contribution in [0, 0.1) is 47.6 Å². The van der Waals surface area contributed by atoms with Crippen LogP contribution in [0.4, 0.5) is 28.9 Å². The average molecular weight is 711 g/mol. The van der Waals surface area contributed by atoms with E-state index in [4.69, 9.17) is 23.2 Å². The van der Waals surface area contributed by atoms with Gasteiger partial charge < -0.3 is 10.6 Å². The molecule has 4 aromatic carbocycles. The van der Waals surface area contributed by atoms with Crippen molar-refractivity contribution >= 4 is 46.4 Å². The van der Waals surface area contributed by atoms with Crippen LogP contribution in [0.2, 0.25) is 10.0 Å². The Morgan fingerprint density at radius 3 is 1.26 bits per heavy atom. The van der Waals surface area contributed by atoms with E-state index >= 15 is 0 Å². The number of allylic oxidation sites excluding steroid dienone is 8. The summed E-state index contributed by atoms with van der Waals surface area (Å²) in [5.74, 6) is -4.73. The van der Waals surface area contributed by atoms with Crippen LogP contribution in [0.15, 0.2) is 109 Å². The maximum Gasteiger partial charge on any atom is 4.00 e. The molecule has 2 amide bonds. The number of hydrogen-bond donors (Lipinski definition) is 2. The quantitative estimate of drug-likeness (QED) is 0.126. The van der Waals surface area contributed by atoms with Crippen molar-refractivity contribution in [3.63, 3.8) is 0 Å². The summed E-state index contributed by atoms with van der Waals surface area (Å²) in [5, 5.41) is 5.10. The molecule has 236 valence electrons. The monoisotopic (exact) mass is 710 g/mol. The summed E-state index contributed by atoms with van der Waals surface area (Å²) < 4.78 is 51.9. The summed E-state index contributed by atoms with van der Waals surface area (Å²) in [6.45, 7) is 0. The fraction of sp³-hybridized carbons (Fsp3) is 0.0556. The van der Waals surface area contributed by atoms with Gasteiger partial charge in [-0.25, -0.2) is 41.9 Å². The first-order chi connectivity index (χ1) is 22.2. The number of anilines is 2. The smallest absolute Gasteiger partial charge is 0.373 e. The van der Waals surface area contributed by atoms with Gasteiger partial charge >= 0.3 is 21.7 Å². The van der Waals surface area contributed by atoms with Gasteiger partial charge in [-0.05, 0) is 35.6 Å². The third-order valence-electron chi connectivity index (χ3n) is 5.63. The second-order valence-electron chi connectivity index (χ2n) is 8.94. The molecule has 0 unspecified atom stereocenters. The first-order valence-electron chi connectivity index (χ1n) is 13.5. The van der Waals surface area contributed by atoms with E-state index in [0.717, 1.165) is 37.1 Å². The number of benzene rings is 4. The van der Waals surface area contributed by atoms with Crippen LogP contribution in [-0.2, 0) is 21.7 Å². The number of rotatable bonds is 4. The molecule has 0 bridgehead atoms. The first kappa shape index (κ1) is 39.0. The molecule has 0 heterocycles. The van der Waals surface area contributed by atoms with E-state index < -0.39 is 35.1 Å². The van der Waals surface area contributed by atoms with Gasteiger partial charge in [0.05, 0.1) is 21.2 Å². The molecule has 11 heteroatoms. The summed E-state index contributed by atoms with van der Waals surface area (Å²) in [4.78, 5) is 23.6. The molecule has 0 saturated heterocycles. The Morgan fingerprint density at radius 1 is 0.596 bits per heavy atom. The fourth-order valence-corrected chi connectivity index (χ4v) is 3.87. The molecule has 0 spiro atoms. The van der Waals surface area contributed by atoms with Crippen LogP contribution >= 0.6 is 23.2 Å². The number of carbonyl (C=O) groups excluding carboxylic acids is 2. The zero-order chi connectivity index (χ0) is 33.3. The van der Waals surface area contributed by atoms with E-state index in [0.29, 0.717) is 0 Å². The Balaban J connectivity index is 0.000000248. The zero-order valence-electron chi connectivity index (χ0n) is 24.4. The summed E-state index contributed by atoms with van der Waals surface area (Å²) in [7, 11) is 0. The minimum absolute atomic E-state index is 0. The van der Waals surface area contributed by atoms with E-state index in [1.807, 2.05) is 36.4 Å². The van der Waals surface area contributed by atoms with Crippen LogP contribution in [0.5, 0.6) is 0 Å². The van der Waals surface area contributed by atoms with Gasteiger partial charge in [-0.3, -0.25) is 21.7 Å². The Morgan fingerprint density at radius 2 is 0.979 bits per heavy atom. The molecular formula is C36H24Cl2F4N2O2Ti. The van der Waals surface area contributed by atoms with Crippen molar-refractivity contribution in [2.24, 2.45) is 0 Å². The second kappa shape index (κ2) is 20.8. The van der Waals surface area contributed by atoms with Crippen molar-refractivity contribution < 1.29 is 48.9 Å². The molecule has 2 N–H and O–H groups in total. The molecule has 6 rings (SSSR count). The van der Waals surface area contributed by atoms with Crippen molar-refractivity contribution in [3.8, 4) is 0 Å². The third kappa shape index (κ3) is 13.6. The van der Waals surface area contributed by atoms with Crippen LogP contribution in [0.3, 0.4) is 0 Å². The predicted octanol–water partition coefficient (Wildman–Crippen LogP) is 9.95. The maximum absolute atomic E-state index is 13.3. The molecule has 4 aromatic rings. The molecule has 0 fully saturated rings. The molecule has 0 saturated carbocycles. The van der Waals surface area contributed by atoms with E-state index in [1.165, 1.54) is 12.1 Å². The van der Waals surface area contributed by atoms with E-state index in [2.05, 4.69) is 34.9 Å². The minimum atomic E-state index is -0.963. The van der Waals surface area contributed by atoms with Gasteiger partial charge in [0.2, 0.25) is 11.8 Å². The largest absolute Gasteiger partial charge is 4.00 e. The van der Waals surface area contributed by atoms with Crippen molar-refractivity contribution in [1.29, 1.82) is 0 Å². The van der Waals surface area contributed by atoms with Gasteiger partial charge in [0.15, 0.2) is 0 Å². The Bertz CT molecular complexity index is 1630. The molecule has 47 heavy (non-hydrogen) atoms. The Kier molecular flexibility index (Phi) is 17.3. The van der Waals surface area contributed by atoms with Crippen LogP contribution in [-0.4, -0.2) is 11.8 Å². The molecule has 0 atom stereocenters. The molecule has 0 radical (unpaired) electrons. The van der Waals surface area contributed by atoms with Crippen molar-refractivity contribution in [2.45, 2.75) is 12.8 Å². The molecule has 2 aliphatic carbocycles. The number of nitrogens with one attached hydrogen (secondary N) is 2. The van der Waals surface area contributed by atoms with Crippen molar-refractivity contribution in [2.75, 3.05) is 10.6 Å². The summed E-state index contributed by atoms with van der Waals surface area (Å²) >= 11 is 11.7. The second-order valence-corrected chi connectivity index (χ2v) is 9.76. The third-order valence-corrected chi connectivity index (χ3v) is 6.29. The number of carbonyl (C=O) groups is 2. The van der Waals surface area contributed by atoms with Gasteiger partial charge in [-0.1, -0.05) is 47.5 Å². The van der Waals surface area contributed by atoms with E-state index in [9.17, 15) is 27.2 Å². The molecule has 0 aliphatic heterocycles. The topological polar surface area (TPSA) is 58.2 Å². The molecule has 0 aromatic heterocycles. The fourth-order valence-electron chi connectivity index (χ4n) is 3.43.